The molecule has 1 atom stereocenters. The van der Waals surface area contributed by atoms with Crippen LogP contribution in [-0.4, -0.2) is 48.6 Å². The summed E-state index contributed by atoms with van der Waals surface area (Å²) in [5.41, 5.74) is 2.11. The Balaban J connectivity index is 2.06. The molecular weight excluding hydrogens is 394 g/mol. The number of aliphatic hydroxyl groups excluding tert-OH is 1. The molecule has 1 fully saturated rings. The highest BCUT2D eigenvalue weighted by atomic mass is 16.5. The zero-order valence-electron chi connectivity index (χ0n) is 18.4. The average Bonchev–Trinajstić information content (AvgIpc) is 3.01. The lowest BCUT2D eigenvalue weighted by molar-refractivity contribution is -0.140. The molecule has 0 bridgehead atoms. The molecule has 164 valence electrons. The lowest BCUT2D eigenvalue weighted by Crippen LogP contribution is -2.32. The average molecular weight is 424 g/mol. The zero-order chi connectivity index (χ0) is 22.5. The van der Waals surface area contributed by atoms with Gasteiger partial charge in [-0.15, -0.1) is 0 Å². The Labute approximate surface area is 183 Å². The van der Waals surface area contributed by atoms with Crippen molar-refractivity contribution in [2.45, 2.75) is 26.8 Å². The van der Waals surface area contributed by atoms with E-state index in [0.717, 1.165) is 11.1 Å². The van der Waals surface area contributed by atoms with Crippen molar-refractivity contribution >= 4 is 17.4 Å². The van der Waals surface area contributed by atoms with Crippen molar-refractivity contribution in [2.75, 3.05) is 26.9 Å². The van der Waals surface area contributed by atoms with Gasteiger partial charge in [0, 0.05) is 19.2 Å². The summed E-state index contributed by atoms with van der Waals surface area (Å²) >= 11 is 0. The fraction of sp³-hybridized carbons (Fsp3) is 0.360. The molecule has 1 aliphatic heterocycles. The first-order chi connectivity index (χ1) is 14.8. The first kappa shape index (κ1) is 22.6. The Kier molecular flexibility index (Phi) is 7.13. The third-order valence-corrected chi connectivity index (χ3v) is 5.23. The SMILES string of the molecule is COCCN1C(=O)C(=O)/C(=C(/O)c2ccc(OCC(C)C)cc2C)[C@@H]1c1ccccc1. The molecule has 2 aromatic carbocycles. The molecule has 0 spiro atoms. The lowest BCUT2D eigenvalue weighted by Gasteiger charge is -2.25. The number of carbonyl (C=O) groups excluding carboxylic acids is 2. The number of methoxy groups -OCH3 is 1. The fourth-order valence-electron chi connectivity index (χ4n) is 3.68. The van der Waals surface area contributed by atoms with Gasteiger partial charge in [-0.1, -0.05) is 44.2 Å². The van der Waals surface area contributed by atoms with Gasteiger partial charge in [0.05, 0.1) is 24.8 Å². The van der Waals surface area contributed by atoms with E-state index in [0.29, 0.717) is 23.8 Å². The molecule has 0 unspecified atom stereocenters. The third-order valence-electron chi connectivity index (χ3n) is 5.23. The predicted molar refractivity (Wildman–Crippen MR) is 119 cm³/mol. The molecule has 1 amide bonds. The summed E-state index contributed by atoms with van der Waals surface area (Å²) in [6.07, 6.45) is 0. The van der Waals surface area contributed by atoms with Crippen molar-refractivity contribution < 1.29 is 24.2 Å². The van der Waals surface area contributed by atoms with Crippen LogP contribution in [0.15, 0.2) is 54.1 Å². The normalized spacial score (nSPS) is 18.1. The van der Waals surface area contributed by atoms with Gasteiger partial charge in [0.2, 0.25) is 0 Å². The summed E-state index contributed by atoms with van der Waals surface area (Å²) in [6, 6.07) is 13.9. The first-order valence-corrected chi connectivity index (χ1v) is 10.4. The van der Waals surface area contributed by atoms with E-state index in [1.54, 1.807) is 19.2 Å². The van der Waals surface area contributed by atoms with Crippen LogP contribution in [0.3, 0.4) is 0 Å². The standard InChI is InChI=1S/C25H29NO5/c1-16(2)15-31-19-10-11-20(17(3)14-19)23(27)21-22(18-8-6-5-7-9-18)26(12-13-30-4)25(29)24(21)28/h5-11,14,16,22,27H,12-13,15H2,1-4H3/b23-21+/t22-/m0/s1. The van der Waals surface area contributed by atoms with Gasteiger partial charge in [0.25, 0.3) is 11.7 Å². The second-order valence-corrected chi connectivity index (χ2v) is 8.08. The molecule has 3 rings (SSSR count). The molecular formula is C25H29NO5. The van der Waals surface area contributed by atoms with Crippen molar-refractivity contribution in [1.29, 1.82) is 0 Å². The molecule has 6 heteroatoms. The molecule has 31 heavy (non-hydrogen) atoms. The molecule has 1 aliphatic rings. The van der Waals surface area contributed by atoms with E-state index in [2.05, 4.69) is 13.8 Å². The van der Waals surface area contributed by atoms with Gasteiger partial charge in [0.15, 0.2) is 0 Å². The Bertz CT molecular complexity index is 981. The number of Topliss-reactive ketones (excluding diaryl/α,β-unsaturated/α-hetero) is 1. The van der Waals surface area contributed by atoms with Crippen LogP contribution in [0.5, 0.6) is 5.75 Å². The number of hydrogen-bond acceptors (Lipinski definition) is 5. The topological polar surface area (TPSA) is 76.1 Å². The quantitative estimate of drug-likeness (QED) is 0.393. The van der Waals surface area contributed by atoms with Gasteiger partial charge in [-0.25, -0.2) is 0 Å². The number of nitrogens with zero attached hydrogens (tertiary/aromatic N) is 1. The minimum Gasteiger partial charge on any atom is -0.507 e. The van der Waals surface area contributed by atoms with Crippen molar-refractivity contribution in [1.82, 2.24) is 4.90 Å². The van der Waals surface area contributed by atoms with Crippen molar-refractivity contribution in [3.05, 3.63) is 70.8 Å². The van der Waals surface area contributed by atoms with Crippen LogP contribution in [0.2, 0.25) is 0 Å². The minimum atomic E-state index is -0.693. The number of benzene rings is 2. The number of ether oxygens (including phenoxy) is 2. The zero-order valence-corrected chi connectivity index (χ0v) is 18.4. The Morgan fingerprint density at radius 2 is 1.84 bits per heavy atom. The maximum absolute atomic E-state index is 13.0. The molecule has 0 aliphatic carbocycles. The molecule has 2 aromatic rings. The minimum absolute atomic E-state index is 0.0891. The molecule has 1 heterocycles. The van der Waals surface area contributed by atoms with Crippen LogP contribution < -0.4 is 4.74 Å². The lowest BCUT2D eigenvalue weighted by atomic mass is 9.94. The van der Waals surface area contributed by atoms with E-state index < -0.39 is 17.7 Å². The second kappa shape index (κ2) is 9.79. The highest BCUT2D eigenvalue weighted by Crippen LogP contribution is 2.39. The number of carbonyl (C=O) groups is 2. The van der Waals surface area contributed by atoms with Crippen molar-refractivity contribution in [2.24, 2.45) is 5.92 Å². The smallest absolute Gasteiger partial charge is 0.295 e. The van der Waals surface area contributed by atoms with Crippen LogP contribution >= 0.6 is 0 Å². The van der Waals surface area contributed by atoms with Gasteiger partial charge in [0.1, 0.15) is 11.5 Å². The Hall–Kier alpha value is -3.12. The van der Waals surface area contributed by atoms with Gasteiger partial charge in [-0.05, 0) is 42.2 Å². The van der Waals surface area contributed by atoms with E-state index in [9.17, 15) is 14.7 Å². The highest BCUT2D eigenvalue weighted by molar-refractivity contribution is 6.46. The maximum atomic E-state index is 13.0. The number of aryl methyl sites for hydroxylation is 1. The van der Waals surface area contributed by atoms with E-state index in [-0.39, 0.29) is 24.5 Å². The number of amides is 1. The van der Waals surface area contributed by atoms with Gasteiger partial charge < -0.3 is 19.5 Å². The van der Waals surface area contributed by atoms with Crippen LogP contribution in [0.1, 0.15) is 36.6 Å². The second-order valence-electron chi connectivity index (χ2n) is 8.08. The van der Waals surface area contributed by atoms with Crippen LogP contribution in [0, 0.1) is 12.8 Å². The first-order valence-electron chi connectivity index (χ1n) is 10.4. The van der Waals surface area contributed by atoms with Crippen LogP contribution in [-0.2, 0) is 14.3 Å². The van der Waals surface area contributed by atoms with Crippen molar-refractivity contribution in [3.63, 3.8) is 0 Å². The maximum Gasteiger partial charge on any atom is 0.295 e. The largest absolute Gasteiger partial charge is 0.507 e. The van der Waals surface area contributed by atoms with Gasteiger partial charge in [-0.2, -0.15) is 0 Å². The predicted octanol–water partition coefficient (Wildman–Crippen LogP) is 4.10. The highest BCUT2D eigenvalue weighted by Gasteiger charge is 2.45. The van der Waals surface area contributed by atoms with Crippen LogP contribution in [0.25, 0.3) is 5.76 Å². The van der Waals surface area contributed by atoms with E-state index in [1.807, 2.05) is 43.3 Å². The third kappa shape index (κ3) is 4.80. The number of hydrogen-bond donors (Lipinski definition) is 1. The summed E-state index contributed by atoms with van der Waals surface area (Å²) in [7, 11) is 1.54. The van der Waals surface area contributed by atoms with E-state index in [4.69, 9.17) is 9.47 Å². The summed E-state index contributed by atoms with van der Waals surface area (Å²) in [4.78, 5) is 27.2. The summed E-state index contributed by atoms with van der Waals surface area (Å²) in [5.74, 6) is -0.422. The fourth-order valence-corrected chi connectivity index (χ4v) is 3.68. The van der Waals surface area contributed by atoms with Gasteiger partial charge >= 0.3 is 0 Å². The Morgan fingerprint density at radius 3 is 2.45 bits per heavy atom. The number of likely N-dealkylation sites (tertiary alicyclic amines) is 1. The molecule has 1 saturated heterocycles. The number of aliphatic hydroxyl groups is 1. The number of rotatable bonds is 8. The molecule has 0 saturated carbocycles. The molecule has 1 N–H and O–H groups in total. The summed E-state index contributed by atoms with van der Waals surface area (Å²) < 4.78 is 10.9. The molecule has 6 nitrogen and oxygen atoms in total. The van der Waals surface area contributed by atoms with Gasteiger partial charge in [-0.3, -0.25) is 9.59 Å². The Morgan fingerprint density at radius 1 is 1.13 bits per heavy atom. The van der Waals surface area contributed by atoms with E-state index in [1.165, 1.54) is 4.90 Å². The van der Waals surface area contributed by atoms with E-state index >= 15 is 0 Å². The molecule has 0 aromatic heterocycles. The van der Waals surface area contributed by atoms with Crippen molar-refractivity contribution in [3.8, 4) is 5.75 Å². The summed E-state index contributed by atoms with van der Waals surface area (Å²) in [6.45, 7) is 7.10. The van der Waals surface area contributed by atoms with Crippen LogP contribution in [0.4, 0.5) is 0 Å². The summed E-state index contributed by atoms with van der Waals surface area (Å²) in [5, 5.41) is 11.2. The number of ketones is 1. The monoisotopic (exact) mass is 423 g/mol. The molecule has 0 radical (unpaired) electrons.